The summed E-state index contributed by atoms with van der Waals surface area (Å²) in [6.45, 7) is 1.62. The fourth-order valence-corrected chi connectivity index (χ4v) is 2.74. The number of hydrogen-bond donors (Lipinski definition) is 4. The monoisotopic (exact) mass is 521 g/mol. The third kappa shape index (κ3) is 5.68. The van der Waals surface area contributed by atoms with Crippen molar-refractivity contribution in [3.63, 3.8) is 0 Å². The summed E-state index contributed by atoms with van der Waals surface area (Å²) in [5.74, 6) is -4.65. The van der Waals surface area contributed by atoms with Crippen LogP contribution in [0.3, 0.4) is 0 Å². The smallest absolute Gasteiger partial charge is 0.475 e. The van der Waals surface area contributed by atoms with Gasteiger partial charge in [0.25, 0.3) is 11.5 Å². The van der Waals surface area contributed by atoms with Crippen molar-refractivity contribution in [1.82, 2.24) is 25.0 Å². The van der Waals surface area contributed by atoms with Gasteiger partial charge in [-0.05, 0) is 18.6 Å². The summed E-state index contributed by atoms with van der Waals surface area (Å²) in [7, 11) is 1.59. The first-order chi connectivity index (χ1) is 16.4. The number of nitrogens with two attached hydrogens (primary N) is 2. The Morgan fingerprint density at radius 2 is 1.64 bits per heavy atom. The Balaban J connectivity index is 0.000000572. The summed E-state index contributed by atoms with van der Waals surface area (Å²) in [5.41, 5.74) is 7.49. The predicted octanol–water partition coefficient (Wildman–Crippen LogP) is 1.70. The fourth-order valence-electron chi connectivity index (χ4n) is 2.74. The number of carboxylic acid groups (broad SMARTS) is 1. The van der Waals surface area contributed by atoms with Crippen LogP contribution in [-0.2, 0) is 22.2 Å². The summed E-state index contributed by atoms with van der Waals surface area (Å²) in [4.78, 5) is 30.0. The number of carbonyl (C=O) groups is 2. The zero-order valence-electron chi connectivity index (χ0n) is 18.3. The van der Waals surface area contributed by atoms with E-state index in [0.29, 0.717) is 11.3 Å². The van der Waals surface area contributed by atoms with Crippen molar-refractivity contribution in [1.29, 1.82) is 0 Å². The molecule has 11 nitrogen and oxygen atoms in total. The number of carbonyl (C=O) groups excluding carboxylic acids is 1. The fraction of sp³-hybridized carbons (Fsp3) is 0.263. The molecule has 0 bridgehead atoms. The molecule has 1 unspecified atom stereocenters. The largest absolute Gasteiger partial charge is 0.490 e. The summed E-state index contributed by atoms with van der Waals surface area (Å²) in [5, 5.41) is 25.2. The molecule has 0 aliphatic carbocycles. The zero-order valence-corrected chi connectivity index (χ0v) is 18.3. The van der Waals surface area contributed by atoms with Crippen LogP contribution in [-0.4, -0.2) is 59.4 Å². The van der Waals surface area contributed by atoms with E-state index in [4.69, 9.17) is 21.4 Å². The van der Waals surface area contributed by atoms with E-state index < -0.39 is 35.4 Å². The van der Waals surface area contributed by atoms with Crippen LogP contribution in [0.4, 0.5) is 32.2 Å². The molecule has 0 radical (unpaired) electrons. The molecule has 0 aliphatic rings. The molecule has 2 aromatic heterocycles. The van der Waals surface area contributed by atoms with Crippen LogP contribution in [0.2, 0.25) is 0 Å². The van der Waals surface area contributed by atoms with Crippen LogP contribution in [0.25, 0.3) is 22.6 Å². The van der Waals surface area contributed by atoms with E-state index in [1.807, 2.05) is 0 Å². The number of aryl methyl sites for hydroxylation is 2. The number of alkyl halides is 6. The lowest BCUT2D eigenvalue weighted by Gasteiger charge is -2.28. The Morgan fingerprint density at radius 3 is 2.08 bits per heavy atom. The average molecular weight is 521 g/mol. The van der Waals surface area contributed by atoms with Crippen molar-refractivity contribution in [3.8, 4) is 22.6 Å². The van der Waals surface area contributed by atoms with Gasteiger partial charge < -0.3 is 21.7 Å². The van der Waals surface area contributed by atoms with Gasteiger partial charge in [0.2, 0.25) is 0 Å². The van der Waals surface area contributed by atoms with Gasteiger partial charge in [-0.15, -0.1) is 0 Å². The number of aliphatic hydroxyl groups is 1. The Bertz CT molecular complexity index is 1290. The van der Waals surface area contributed by atoms with E-state index in [2.05, 4.69) is 20.2 Å². The Kier molecular flexibility index (Phi) is 7.58. The number of amides is 1. The van der Waals surface area contributed by atoms with Crippen LogP contribution < -0.4 is 11.5 Å². The highest BCUT2D eigenvalue weighted by molar-refractivity contribution is 5.86. The van der Waals surface area contributed by atoms with Gasteiger partial charge in [0.1, 0.15) is 11.4 Å². The van der Waals surface area contributed by atoms with Crippen LogP contribution in [0.1, 0.15) is 11.1 Å². The van der Waals surface area contributed by atoms with Gasteiger partial charge in [-0.2, -0.15) is 41.3 Å². The number of primary amides is 1. The molecule has 1 amide bonds. The maximum absolute atomic E-state index is 13.4. The molecule has 3 aromatic rings. The molecule has 2 heterocycles. The topological polar surface area (TPSA) is 183 Å². The van der Waals surface area contributed by atoms with Gasteiger partial charge in [0, 0.05) is 18.2 Å². The Morgan fingerprint density at radius 1 is 1.06 bits per heavy atom. The number of anilines is 1. The number of aliphatic carboxylic acids is 1. The maximum atomic E-state index is 13.4. The highest BCUT2D eigenvalue weighted by Gasteiger charge is 2.60. The number of nitrogens with zero attached hydrogens (tertiary/aromatic N) is 5. The van der Waals surface area contributed by atoms with Gasteiger partial charge in [0.05, 0.1) is 18.1 Å². The third-order valence-corrected chi connectivity index (χ3v) is 4.58. The molecular weight excluding hydrogens is 504 g/mol. The SMILES string of the molecule is Cc1ccc(C(O)(C(N)=O)C(F)(F)F)cc1-c1cnc(N)c(-c2cnn(C)n2)n1.O=C(O)C(F)(F)F. The number of carboxylic acids is 1. The van der Waals surface area contributed by atoms with E-state index in [0.717, 1.165) is 12.1 Å². The molecule has 0 fully saturated rings. The lowest BCUT2D eigenvalue weighted by atomic mass is 9.89. The first kappa shape index (κ1) is 28.0. The molecule has 0 spiro atoms. The van der Waals surface area contributed by atoms with Crippen LogP contribution in [0, 0.1) is 6.92 Å². The molecule has 0 aliphatic heterocycles. The molecule has 3 rings (SSSR count). The van der Waals surface area contributed by atoms with Gasteiger partial charge in [0.15, 0.2) is 5.82 Å². The van der Waals surface area contributed by atoms with Crippen molar-refractivity contribution < 1.29 is 46.1 Å². The molecule has 17 heteroatoms. The van der Waals surface area contributed by atoms with Crippen molar-refractivity contribution >= 4 is 17.7 Å². The highest BCUT2D eigenvalue weighted by Crippen LogP contribution is 2.40. The normalized spacial score (nSPS) is 13.4. The number of rotatable bonds is 4. The second-order valence-electron chi connectivity index (χ2n) is 7.11. The van der Waals surface area contributed by atoms with Gasteiger partial charge in [-0.3, -0.25) is 4.79 Å². The van der Waals surface area contributed by atoms with E-state index in [9.17, 15) is 36.2 Å². The Hall–Kier alpha value is -4.28. The first-order valence-electron chi connectivity index (χ1n) is 9.39. The molecule has 1 atom stereocenters. The molecule has 36 heavy (non-hydrogen) atoms. The minimum Gasteiger partial charge on any atom is -0.475 e. The van der Waals surface area contributed by atoms with Gasteiger partial charge >= 0.3 is 18.3 Å². The van der Waals surface area contributed by atoms with E-state index in [1.54, 1.807) is 14.0 Å². The van der Waals surface area contributed by atoms with Crippen LogP contribution in [0.5, 0.6) is 0 Å². The van der Waals surface area contributed by atoms with E-state index in [1.165, 1.54) is 23.3 Å². The van der Waals surface area contributed by atoms with Crippen molar-refractivity contribution in [3.05, 3.63) is 41.7 Å². The molecule has 1 aromatic carbocycles. The van der Waals surface area contributed by atoms with E-state index in [-0.39, 0.29) is 22.8 Å². The van der Waals surface area contributed by atoms with Crippen LogP contribution >= 0.6 is 0 Å². The number of hydrogen-bond acceptors (Lipinski definition) is 8. The molecular formula is C19H17F6N7O4. The predicted molar refractivity (Wildman–Crippen MR) is 109 cm³/mol. The average Bonchev–Trinajstić information content (AvgIpc) is 3.19. The summed E-state index contributed by atoms with van der Waals surface area (Å²) >= 11 is 0. The minimum absolute atomic E-state index is 0.0481. The maximum Gasteiger partial charge on any atom is 0.490 e. The van der Waals surface area contributed by atoms with Gasteiger partial charge in [-0.1, -0.05) is 12.1 Å². The number of aromatic nitrogens is 5. The van der Waals surface area contributed by atoms with Crippen molar-refractivity contribution in [2.75, 3.05) is 5.73 Å². The van der Waals surface area contributed by atoms with Gasteiger partial charge in [-0.25, -0.2) is 14.8 Å². The van der Waals surface area contributed by atoms with E-state index >= 15 is 0 Å². The lowest BCUT2D eigenvalue weighted by molar-refractivity contribution is -0.255. The third-order valence-electron chi connectivity index (χ3n) is 4.58. The van der Waals surface area contributed by atoms with Crippen molar-refractivity contribution in [2.45, 2.75) is 24.9 Å². The summed E-state index contributed by atoms with van der Waals surface area (Å²) in [6.07, 6.45) is -7.73. The Labute approximate surface area is 197 Å². The summed E-state index contributed by atoms with van der Waals surface area (Å²) < 4.78 is 71.9. The number of nitrogen functional groups attached to an aromatic ring is 1. The second kappa shape index (κ2) is 9.76. The molecule has 194 valence electrons. The van der Waals surface area contributed by atoms with Crippen LogP contribution in [0.15, 0.2) is 30.6 Å². The lowest BCUT2D eigenvalue weighted by Crippen LogP contribution is -2.52. The quantitative estimate of drug-likeness (QED) is 0.371. The second-order valence-corrected chi connectivity index (χ2v) is 7.11. The molecule has 6 N–H and O–H groups in total. The number of benzene rings is 1. The van der Waals surface area contributed by atoms with Crippen molar-refractivity contribution in [2.24, 2.45) is 12.8 Å². The number of halogens is 6. The first-order valence-corrected chi connectivity index (χ1v) is 9.39. The standard InChI is InChI=1S/C17H16F3N7O2.C2HF3O2/c1-8-3-4-9(16(29,15(22)28)17(18,19)20)5-10(8)11-6-23-14(21)13(25-11)12-7-24-27(2)26-12;3-2(4,5)1(6)7/h3-7,29H,1-2H3,(H2,21,23)(H2,22,28);(H,6,7). The highest BCUT2D eigenvalue weighted by atomic mass is 19.4. The summed E-state index contributed by atoms with van der Waals surface area (Å²) in [6, 6.07) is 3.28. The minimum atomic E-state index is -5.32. The molecule has 0 saturated heterocycles. The zero-order chi connectivity index (χ0) is 27.6. The molecule has 0 saturated carbocycles.